The minimum Gasteiger partial charge on any atom is -0.378 e. The van der Waals surface area contributed by atoms with Crippen LogP contribution in [0, 0.1) is 0 Å². The Labute approximate surface area is 178 Å². The number of benzene rings is 2. The SMILES string of the molecule is CC1(C)c2ccccc2N2CCC(=O)N[C@]21/C=C/c1ccc(N2CCOCC2)cc1. The first-order chi connectivity index (χ1) is 14.5. The maximum Gasteiger partial charge on any atom is 0.223 e. The molecule has 0 radical (unpaired) electrons. The Morgan fingerprint density at radius 3 is 2.50 bits per heavy atom. The standard InChI is InChI=1S/C25H29N3O2/c1-24(2)21-5-3-4-6-22(21)28-14-12-23(29)26-25(24,28)13-11-19-7-9-20(10-8-19)27-15-17-30-18-16-27/h3-11,13H,12,14-18H2,1-2H3,(H,26,29)/b13-11+/t25-/m1/s1. The quantitative estimate of drug-likeness (QED) is 0.851. The second kappa shape index (κ2) is 7.17. The number of rotatable bonds is 3. The van der Waals surface area contributed by atoms with Gasteiger partial charge in [0.2, 0.25) is 5.91 Å². The molecule has 2 aromatic carbocycles. The van der Waals surface area contributed by atoms with Crippen molar-refractivity contribution >= 4 is 23.4 Å². The van der Waals surface area contributed by atoms with E-state index in [0.717, 1.165) is 38.4 Å². The van der Waals surface area contributed by atoms with Gasteiger partial charge in [-0.1, -0.05) is 50.3 Å². The summed E-state index contributed by atoms with van der Waals surface area (Å²) in [4.78, 5) is 17.2. The summed E-state index contributed by atoms with van der Waals surface area (Å²) in [6, 6.07) is 17.2. The molecule has 0 spiro atoms. The van der Waals surface area contributed by atoms with E-state index in [0.29, 0.717) is 6.42 Å². The Hall–Kier alpha value is -2.79. The van der Waals surface area contributed by atoms with Crippen LogP contribution in [0.15, 0.2) is 54.6 Å². The van der Waals surface area contributed by atoms with E-state index in [1.807, 2.05) is 0 Å². The van der Waals surface area contributed by atoms with Gasteiger partial charge in [0.25, 0.3) is 0 Å². The second-order valence-corrected chi connectivity index (χ2v) is 8.88. The Balaban J connectivity index is 1.47. The second-order valence-electron chi connectivity index (χ2n) is 8.88. The molecule has 0 aromatic heterocycles. The molecule has 0 aliphatic carbocycles. The van der Waals surface area contributed by atoms with Gasteiger partial charge in [-0.3, -0.25) is 4.79 Å². The van der Waals surface area contributed by atoms with E-state index in [4.69, 9.17) is 4.74 Å². The van der Waals surface area contributed by atoms with Crippen molar-refractivity contribution < 1.29 is 9.53 Å². The number of hydrogen-bond acceptors (Lipinski definition) is 4. The average molecular weight is 404 g/mol. The van der Waals surface area contributed by atoms with Gasteiger partial charge in [-0.2, -0.15) is 0 Å². The number of morpholine rings is 1. The Kier molecular flexibility index (Phi) is 4.58. The molecule has 0 unspecified atom stereocenters. The summed E-state index contributed by atoms with van der Waals surface area (Å²) in [5.74, 6) is 0.111. The third-order valence-corrected chi connectivity index (χ3v) is 6.93. The minimum absolute atomic E-state index is 0.111. The van der Waals surface area contributed by atoms with E-state index in [1.54, 1.807) is 0 Å². The van der Waals surface area contributed by atoms with Crippen molar-refractivity contribution in [3.8, 4) is 0 Å². The van der Waals surface area contributed by atoms with Crippen LogP contribution < -0.4 is 15.1 Å². The zero-order valence-electron chi connectivity index (χ0n) is 17.7. The monoisotopic (exact) mass is 403 g/mol. The van der Waals surface area contributed by atoms with Crippen LogP contribution >= 0.6 is 0 Å². The Morgan fingerprint density at radius 1 is 1.00 bits per heavy atom. The van der Waals surface area contributed by atoms with E-state index in [-0.39, 0.29) is 11.3 Å². The fraction of sp³-hybridized carbons (Fsp3) is 0.400. The number of amides is 1. The number of fused-ring (bicyclic) bond motifs is 3. The molecular weight excluding hydrogens is 374 g/mol. The predicted octanol–water partition coefficient (Wildman–Crippen LogP) is 3.55. The van der Waals surface area contributed by atoms with E-state index >= 15 is 0 Å². The highest BCUT2D eigenvalue weighted by atomic mass is 16.5. The number of hydrogen-bond donors (Lipinski definition) is 1. The van der Waals surface area contributed by atoms with E-state index in [2.05, 4.69) is 89.6 Å². The van der Waals surface area contributed by atoms with Crippen molar-refractivity contribution in [2.24, 2.45) is 0 Å². The maximum atomic E-state index is 12.5. The van der Waals surface area contributed by atoms with Crippen LogP contribution in [0.5, 0.6) is 0 Å². The van der Waals surface area contributed by atoms with Crippen LogP contribution in [0.25, 0.3) is 6.08 Å². The Bertz CT molecular complexity index is 976. The summed E-state index contributed by atoms with van der Waals surface area (Å²) in [5, 5.41) is 3.34. The molecule has 5 nitrogen and oxygen atoms in total. The first-order valence-corrected chi connectivity index (χ1v) is 10.8. The topological polar surface area (TPSA) is 44.8 Å². The molecule has 2 fully saturated rings. The molecule has 1 N–H and O–H groups in total. The van der Waals surface area contributed by atoms with Gasteiger partial charge in [0.1, 0.15) is 5.66 Å². The average Bonchev–Trinajstić information content (AvgIpc) is 2.97. The lowest BCUT2D eigenvalue weighted by Crippen LogP contribution is -2.68. The number of anilines is 2. The van der Waals surface area contributed by atoms with Gasteiger partial charge < -0.3 is 19.9 Å². The molecule has 0 saturated carbocycles. The lowest BCUT2D eigenvalue weighted by atomic mass is 9.74. The summed E-state index contributed by atoms with van der Waals surface area (Å²) in [7, 11) is 0. The summed E-state index contributed by atoms with van der Waals surface area (Å²) in [6.45, 7) is 8.63. The fourth-order valence-corrected chi connectivity index (χ4v) is 5.15. The smallest absolute Gasteiger partial charge is 0.223 e. The molecule has 3 aliphatic rings. The fourth-order valence-electron chi connectivity index (χ4n) is 5.15. The van der Waals surface area contributed by atoms with Gasteiger partial charge in [-0.25, -0.2) is 0 Å². The normalized spacial score (nSPS) is 25.2. The van der Waals surface area contributed by atoms with Gasteiger partial charge in [0.15, 0.2) is 0 Å². The number of carbonyl (C=O) groups is 1. The van der Waals surface area contributed by atoms with Crippen molar-refractivity contribution in [2.75, 3.05) is 42.6 Å². The molecule has 3 aliphatic heterocycles. The molecule has 5 rings (SSSR count). The summed E-state index contributed by atoms with van der Waals surface area (Å²) in [6.07, 6.45) is 4.86. The molecule has 2 saturated heterocycles. The lowest BCUT2D eigenvalue weighted by Gasteiger charge is -2.49. The van der Waals surface area contributed by atoms with Gasteiger partial charge in [-0.05, 0) is 35.4 Å². The number of para-hydroxylation sites is 1. The molecule has 0 bridgehead atoms. The largest absolute Gasteiger partial charge is 0.378 e. The van der Waals surface area contributed by atoms with Crippen LogP contribution in [0.2, 0.25) is 0 Å². The number of nitrogens with zero attached hydrogens (tertiary/aromatic N) is 2. The van der Waals surface area contributed by atoms with Crippen LogP contribution in [0.1, 0.15) is 31.4 Å². The van der Waals surface area contributed by atoms with E-state index in [1.165, 1.54) is 16.9 Å². The lowest BCUT2D eigenvalue weighted by molar-refractivity contribution is -0.124. The molecule has 5 heteroatoms. The first kappa shape index (κ1) is 19.2. The van der Waals surface area contributed by atoms with Crippen LogP contribution in [-0.2, 0) is 14.9 Å². The van der Waals surface area contributed by atoms with Crippen molar-refractivity contribution in [2.45, 2.75) is 31.3 Å². The van der Waals surface area contributed by atoms with Gasteiger partial charge in [0.05, 0.1) is 13.2 Å². The molecule has 1 atom stereocenters. The highest BCUT2D eigenvalue weighted by molar-refractivity contribution is 5.84. The molecule has 3 heterocycles. The van der Waals surface area contributed by atoms with Crippen LogP contribution in [0.3, 0.4) is 0 Å². The highest BCUT2D eigenvalue weighted by Gasteiger charge is 2.57. The number of ether oxygens (including phenoxy) is 1. The Morgan fingerprint density at radius 2 is 1.73 bits per heavy atom. The third kappa shape index (κ3) is 2.91. The number of carbonyl (C=O) groups excluding carboxylic acids is 1. The third-order valence-electron chi connectivity index (χ3n) is 6.93. The highest BCUT2D eigenvalue weighted by Crippen LogP contribution is 2.52. The van der Waals surface area contributed by atoms with E-state index in [9.17, 15) is 4.79 Å². The van der Waals surface area contributed by atoms with Crippen molar-refractivity contribution in [3.05, 3.63) is 65.7 Å². The van der Waals surface area contributed by atoms with Crippen molar-refractivity contribution in [1.82, 2.24) is 5.32 Å². The predicted molar refractivity (Wildman–Crippen MR) is 121 cm³/mol. The summed E-state index contributed by atoms with van der Waals surface area (Å²) < 4.78 is 5.45. The van der Waals surface area contributed by atoms with E-state index < -0.39 is 5.66 Å². The van der Waals surface area contributed by atoms with Crippen LogP contribution in [0.4, 0.5) is 11.4 Å². The van der Waals surface area contributed by atoms with Crippen molar-refractivity contribution in [1.29, 1.82) is 0 Å². The van der Waals surface area contributed by atoms with Crippen LogP contribution in [-0.4, -0.2) is 44.4 Å². The zero-order chi connectivity index (χ0) is 20.8. The zero-order valence-corrected chi connectivity index (χ0v) is 17.7. The minimum atomic E-state index is -0.561. The summed E-state index contributed by atoms with van der Waals surface area (Å²) >= 11 is 0. The van der Waals surface area contributed by atoms with Crippen molar-refractivity contribution in [3.63, 3.8) is 0 Å². The molecule has 156 valence electrons. The van der Waals surface area contributed by atoms with Gasteiger partial charge in [0, 0.05) is 42.8 Å². The maximum absolute atomic E-state index is 12.5. The molecule has 1 amide bonds. The molecule has 2 aromatic rings. The number of nitrogens with one attached hydrogen (secondary N) is 1. The van der Waals surface area contributed by atoms with Gasteiger partial charge >= 0.3 is 0 Å². The van der Waals surface area contributed by atoms with Gasteiger partial charge in [-0.15, -0.1) is 0 Å². The first-order valence-electron chi connectivity index (χ1n) is 10.8. The summed E-state index contributed by atoms with van der Waals surface area (Å²) in [5.41, 5.74) is 4.05. The molecular formula is C25H29N3O2. The molecule has 30 heavy (non-hydrogen) atoms.